The number of hydrogen-bond donors (Lipinski definition) is 0. The fourth-order valence-corrected chi connectivity index (χ4v) is 14.3. The quantitative estimate of drug-likeness (QED) is 0.474. The van der Waals surface area contributed by atoms with Crippen molar-refractivity contribution in [1.29, 1.82) is 0 Å². The van der Waals surface area contributed by atoms with Crippen LogP contribution in [0.25, 0.3) is 0 Å². The third-order valence-corrected chi connectivity index (χ3v) is 15.7. The maximum atomic E-state index is 6.06. The summed E-state index contributed by atoms with van der Waals surface area (Å²) in [5, 5.41) is 0.855. The van der Waals surface area contributed by atoms with E-state index in [1.54, 1.807) is 0 Å². The summed E-state index contributed by atoms with van der Waals surface area (Å²) in [6, 6.07) is 0. The van der Waals surface area contributed by atoms with Gasteiger partial charge in [0.05, 0.1) is 0 Å². The van der Waals surface area contributed by atoms with Crippen LogP contribution in [0.1, 0.15) is 41.5 Å². The van der Waals surface area contributed by atoms with Crippen LogP contribution in [0.2, 0.25) is 0 Å². The predicted octanol–water partition coefficient (Wildman–Crippen LogP) is 4.22. The van der Waals surface area contributed by atoms with Gasteiger partial charge in [-0.25, -0.2) is 0 Å². The van der Waals surface area contributed by atoms with E-state index in [2.05, 4.69) is 41.5 Å². The molecule has 0 aliphatic rings. The molecule has 0 saturated heterocycles. The minimum absolute atomic E-state index is 0.00617. The Labute approximate surface area is 84.8 Å². The summed E-state index contributed by atoms with van der Waals surface area (Å²) < 4.78 is 0. The monoisotopic (exact) mass is 377 g/mol. The summed E-state index contributed by atoms with van der Waals surface area (Å²) in [6.07, 6.45) is 0. The van der Waals surface area contributed by atoms with Crippen molar-refractivity contribution in [3.05, 3.63) is 0 Å². The van der Waals surface area contributed by atoms with Gasteiger partial charge in [0.15, 0.2) is 0 Å². The zero-order chi connectivity index (χ0) is 9.28. The van der Waals surface area contributed by atoms with E-state index in [-0.39, 0.29) is 24.0 Å². The first-order chi connectivity index (χ1) is 4.69. The molecule has 0 aromatic heterocycles. The van der Waals surface area contributed by atoms with Gasteiger partial charge in [0.2, 0.25) is 0 Å². The first kappa shape index (κ1) is 12.5. The molecule has 0 rings (SSSR count). The molecule has 0 heterocycles. The van der Waals surface area contributed by atoms with Gasteiger partial charge in [0.25, 0.3) is 0 Å². The number of rotatable bonds is 1. The first-order valence-corrected chi connectivity index (χ1v) is 10.5. The third-order valence-electron chi connectivity index (χ3n) is 1.13. The van der Waals surface area contributed by atoms with E-state index in [4.69, 9.17) is 9.19 Å². The van der Waals surface area contributed by atoms with Crippen LogP contribution >= 0.6 is 15.0 Å². The van der Waals surface area contributed by atoms with Gasteiger partial charge in [0, 0.05) is 0 Å². The van der Waals surface area contributed by atoms with E-state index in [0.29, 0.717) is 10.3 Å². The fourth-order valence-electron chi connectivity index (χ4n) is 1.16. The molecule has 0 atom stereocenters. The summed E-state index contributed by atoms with van der Waals surface area (Å²) in [5.74, 6) is 0.0221. The van der Waals surface area contributed by atoms with Crippen molar-refractivity contribution in [2.24, 2.45) is 0 Å². The van der Waals surface area contributed by atoms with E-state index >= 15 is 0 Å². The van der Waals surface area contributed by atoms with E-state index < -0.39 is 0 Å². The van der Waals surface area contributed by atoms with Gasteiger partial charge in [-0.3, -0.25) is 0 Å². The van der Waals surface area contributed by atoms with E-state index in [1.807, 2.05) is 0 Å². The molecule has 0 amide bonds. The van der Waals surface area contributed by atoms with Gasteiger partial charge in [-0.2, -0.15) is 0 Å². The summed E-state index contributed by atoms with van der Waals surface area (Å²) in [4.78, 5) is 0. The van der Waals surface area contributed by atoms with Gasteiger partial charge in [-0.05, 0) is 0 Å². The van der Waals surface area contributed by atoms with Crippen LogP contribution in [0.15, 0.2) is 0 Å². The molecule has 0 N–H and O–H groups in total. The van der Waals surface area contributed by atoms with Crippen LogP contribution in [0.4, 0.5) is 0 Å². The van der Waals surface area contributed by atoms with E-state index in [0.717, 1.165) is 0 Å². The van der Waals surface area contributed by atoms with Crippen LogP contribution < -0.4 is 0 Å². The van der Waals surface area contributed by atoms with Crippen molar-refractivity contribution in [2.45, 2.75) is 51.9 Å². The molecule has 0 fully saturated rings. The number of hydrogen-bond acceptors (Lipinski definition) is 0. The summed E-state index contributed by atoms with van der Waals surface area (Å²) >= 11 is 0.00617. The number of halogens is 1. The molecule has 0 aliphatic carbocycles. The van der Waals surface area contributed by atoms with Crippen LogP contribution in [-0.4, -0.2) is 10.3 Å². The van der Waals surface area contributed by atoms with E-state index in [9.17, 15) is 0 Å². The molecule has 0 aromatic carbocycles. The van der Waals surface area contributed by atoms with Crippen molar-refractivity contribution in [3.8, 4) is 0 Å². The zero-order valence-electron chi connectivity index (χ0n) is 8.13. The molecule has 0 bridgehead atoms. The molecule has 0 spiro atoms. The summed E-state index contributed by atoms with van der Waals surface area (Å²) in [7, 11) is 6.06. The van der Waals surface area contributed by atoms with Crippen LogP contribution in [0.5, 0.6) is 0 Å². The second kappa shape index (κ2) is 4.11. The molecule has 0 aromatic rings. The second-order valence-corrected chi connectivity index (χ2v) is 14.4. The van der Waals surface area contributed by atoms with E-state index in [1.165, 1.54) is 0 Å². The summed E-state index contributed by atoms with van der Waals surface area (Å²) in [6.45, 7) is 13.9. The average Bonchev–Trinajstić information content (AvgIpc) is 1.56. The fraction of sp³-hybridized carbons (Fsp3) is 1.00. The molecule has 0 saturated carbocycles. The Kier molecular flexibility index (Phi) is 4.66. The predicted molar refractivity (Wildman–Crippen MR) is 52.3 cm³/mol. The van der Waals surface area contributed by atoms with Crippen molar-refractivity contribution in [2.75, 3.05) is 0 Å². The van der Waals surface area contributed by atoms with Crippen molar-refractivity contribution in [1.82, 2.24) is 0 Å². The Balaban J connectivity index is 4.43. The molecule has 0 radical (unpaired) electrons. The third kappa shape index (κ3) is 4.29. The van der Waals surface area contributed by atoms with Crippen LogP contribution in [-0.2, 0) is 18.1 Å². The van der Waals surface area contributed by atoms with Gasteiger partial charge in [-0.1, -0.05) is 0 Å². The second-order valence-electron chi connectivity index (χ2n) is 4.64. The maximum absolute atomic E-state index is 6.06. The standard InChI is InChI=1S/C8H18P.Au.ClH/c1-7(2,3)9-8(4,5)6;;/h1-6H3;;1H/q-1;+2;/p-1. The van der Waals surface area contributed by atoms with Gasteiger partial charge in [0.1, 0.15) is 0 Å². The molecular weight excluding hydrogens is 359 g/mol. The summed E-state index contributed by atoms with van der Waals surface area (Å²) in [5.41, 5.74) is 0. The molecule has 73 valence electrons. The minimum atomic E-state index is 0.00617. The van der Waals surface area contributed by atoms with Crippen LogP contribution in [0, 0.1) is 0 Å². The molecule has 11 heavy (non-hydrogen) atoms. The van der Waals surface area contributed by atoms with Crippen LogP contribution in [0.3, 0.4) is 0 Å². The van der Waals surface area contributed by atoms with Gasteiger partial charge in [-0.15, -0.1) is 0 Å². The van der Waals surface area contributed by atoms with Crippen molar-refractivity contribution >= 4 is 15.0 Å². The van der Waals surface area contributed by atoms with Gasteiger partial charge < -0.3 is 0 Å². The SMILES string of the molecule is CC(C)(C)[P]([Au][Cl])C(C)(C)C. The Hall–Kier alpha value is 1.46. The molecular formula is C8H18AuClP. The van der Waals surface area contributed by atoms with Crippen molar-refractivity contribution in [3.63, 3.8) is 0 Å². The molecule has 3 heteroatoms. The average molecular weight is 378 g/mol. The molecule has 0 unspecified atom stereocenters. The normalized spacial score (nSPS) is 14.5. The van der Waals surface area contributed by atoms with Crippen molar-refractivity contribution < 1.29 is 18.1 Å². The first-order valence-electron chi connectivity index (χ1n) is 3.70. The van der Waals surface area contributed by atoms with Gasteiger partial charge >= 0.3 is 85.0 Å². The Morgan fingerprint density at radius 1 is 0.909 bits per heavy atom. The Bertz CT molecular complexity index is 109. The Morgan fingerprint density at radius 2 is 1.18 bits per heavy atom. The molecule has 0 aliphatic heterocycles. The topological polar surface area (TPSA) is 0 Å². The molecule has 0 nitrogen and oxygen atoms in total. The Morgan fingerprint density at radius 3 is 1.18 bits per heavy atom. The zero-order valence-corrected chi connectivity index (χ0v) is 11.9.